The van der Waals surface area contributed by atoms with Crippen LogP contribution in [-0.2, 0) is 26.3 Å². The van der Waals surface area contributed by atoms with Gasteiger partial charge in [-0.3, -0.25) is 4.72 Å². The Balaban J connectivity index is 2.57. The minimum Gasteiger partial charge on any atom is -0.279 e. The van der Waals surface area contributed by atoms with Gasteiger partial charge >= 0.3 is 0 Å². The molecule has 0 amide bonds. The number of rotatable bonds is 5. The molecule has 0 saturated carbocycles. The molecule has 0 radical (unpaired) electrons. The van der Waals surface area contributed by atoms with E-state index in [0.717, 1.165) is 23.4 Å². The van der Waals surface area contributed by atoms with Crippen LogP contribution in [0.1, 0.15) is 18.1 Å². The van der Waals surface area contributed by atoms with Crippen LogP contribution in [0.3, 0.4) is 0 Å². The summed E-state index contributed by atoms with van der Waals surface area (Å²) in [5, 5.41) is -0.0402. The van der Waals surface area contributed by atoms with Gasteiger partial charge in [0.25, 0.3) is 10.0 Å². The van der Waals surface area contributed by atoms with E-state index in [2.05, 4.69) is 4.72 Å². The first-order valence-electron chi connectivity index (χ1n) is 7.17. The SMILES string of the molecule is CCc1cccc(C)c1NS(=O)(=O)c1cc(S(C)(=O)=O)ccc1Cl. The molecular weight excluding hydrogens is 370 g/mol. The molecule has 130 valence electrons. The number of hydrogen-bond donors (Lipinski definition) is 1. The zero-order valence-electron chi connectivity index (χ0n) is 13.5. The van der Waals surface area contributed by atoms with Gasteiger partial charge in [0.1, 0.15) is 4.90 Å². The Morgan fingerprint density at radius 3 is 2.33 bits per heavy atom. The highest BCUT2D eigenvalue weighted by Crippen LogP contribution is 2.29. The largest absolute Gasteiger partial charge is 0.279 e. The molecule has 0 fully saturated rings. The average Bonchev–Trinajstić information content (AvgIpc) is 2.48. The highest BCUT2D eigenvalue weighted by molar-refractivity contribution is 7.93. The predicted octanol–water partition coefficient (Wildman–Crippen LogP) is 3.42. The number of sulfonamides is 1. The summed E-state index contributed by atoms with van der Waals surface area (Å²) in [6, 6.07) is 9.10. The van der Waals surface area contributed by atoms with Crippen LogP contribution in [0.4, 0.5) is 5.69 Å². The van der Waals surface area contributed by atoms with Crippen LogP contribution >= 0.6 is 11.6 Å². The van der Waals surface area contributed by atoms with Crippen molar-refractivity contribution in [3.8, 4) is 0 Å². The summed E-state index contributed by atoms with van der Waals surface area (Å²) in [5.41, 5.74) is 2.10. The zero-order chi connectivity index (χ0) is 18.1. The zero-order valence-corrected chi connectivity index (χ0v) is 15.9. The van der Waals surface area contributed by atoms with Gasteiger partial charge in [0.2, 0.25) is 0 Å². The van der Waals surface area contributed by atoms with Crippen LogP contribution in [-0.4, -0.2) is 23.1 Å². The Morgan fingerprint density at radius 1 is 1.08 bits per heavy atom. The van der Waals surface area contributed by atoms with E-state index in [1.54, 1.807) is 13.0 Å². The van der Waals surface area contributed by atoms with Crippen molar-refractivity contribution < 1.29 is 16.8 Å². The van der Waals surface area contributed by atoms with E-state index < -0.39 is 19.9 Å². The van der Waals surface area contributed by atoms with Gasteiger partial charge in [0.05, 0.1) is 15.6 Å². The second-order valence-corrected chi connectivity index (χ2v) is 9.51. The summed E-state index contributed by atoms with van der Waals surface area (Å²) in [6.45, 7) is 3.72. The lowest BCUT2D eigenvalue weighted by atomic mass is 10.1. The summed E-state index contributed by atoms with van der Waals surface area (Å²) >= 11 is 6.00. The number of anilines is 1. The second-order valence-electron chi connectivity index (χ2n) is 5.43. The van der Waals surface area contributed by atoms with Gasteiger partial charge < -0.3 is 0 Å². The third kappa shape index (κ3) is 3.91. The lowest BCUT2D eigenvalue weighted by Gasteiger charge is -2.15. The van der Waals surface area contributed by atoms with Gasteiger partial charge in [0, 0.05) is 6.26 Å². The summed E-state index contributed by atoms with van der Waals surface area (Å²) < 4.78 is 51.4. The van der Waals surface area contributed by atoms with E-state index in [1.807, 2.05) is 19.1 Å². The van der Waals surface area contributed by atoms with Crippen LogP contribution in [0, 0.1) is 6.92 Å². The van der Waals surface area contributed by atoms with Crippen molar-refractivity contribution in [2.24, 2.45) is 0 Å². The average molecular weight is 388 g/mol. The summed E-state index contributed by atoms with van der Waals surface area (Å²) in [7, 11) is -7.58. The predicted molar refractivity (Wildman–Crippen MR) is 95.9 cm³/mol. The summed E-state index contributed by atoms with van der Waals surface area (Å²) in [5.74, 6) is 0. The maximum absolute atomic E-state index is 12.7. The Morgan fingerprint density at radius 2 is 1.75 bits per heavy atom. The molecule has 5 nitrogen and oxygen atoms in total. The van der Waals surface area contributed by atoms with E-state index in [9.17, 15) is 16.8 Å². The third-order valence-corrected chi connectivity index (χ3v) is 6.54. The maximum atomic E-state index is 12.7. The molecule has 0 aromatic heterocycles. The van der Waals surface area contributed by atoms with E-state index in [1.165, 1.54) is 12.1 Å². The lowest BCUT2D eigenvalue weighted by Crippen LogP contribution is -2.16. The molecule has 2 aromatic rings. The summed E-state index contributed by atoms with van der Waals surface area (Å²) in [6.07, 6.45) is 1.66. The number of para-hydroxylation sites is 1. The number of hydrogen-bond acceptors (Lipinski definition) is 4. The molecule has 2 rings (SSSR count). The second kappa shape index (κ2) is 6.74. The minimum absolute atomic E-state index is 0.0402. The molecule has 0 atom stereocenters. The van der Waals surface area contributed by atoms with Crippen molar-refractivity contribution in [3.63, 3.8) is 0 Å². The van der Waals surface area contributed by atoms with Crippen molar-refractivity contribution in [2.75, 3.05) is 11.0 Å². The van der Waals surface area contributed by atoms with Gasteiger partial charge in [-0.2, -0.15) is 0 Å². The molecule has 0 aliphatic carbocycles. The fraction of sp³-hybridized carbons (Fsp3) is 0.250. The van der Waals surface area contributed by atoms with Crippen LogP contribution in [0.2, 0.25) is 5.02 Å². The number of aryl methyl sites for hydroxylation is 2. The van der Waals surface area contributed by atoms with Gasteiger partial charge in [-0.05, 0) is 42.7 Å². The van der Waals surface area contributed by atoms with Crippen molar-refractivity contribution >= 4 is 37.1 Å². The van der Waals surface area contributed by atoms with Gasteiger partial charge in [-0.1, -0.05) is 36.7 Å². The van der Waals surface area contributed by atoms with E-state index in [4.69, 9.17) is 11.6 Å². The summed E-state index contributed by atoms with van der Waals surface area (Å²) in [4.78, 5) is -0.370. The monoisotopic (exact) mass is 387 g/mol. The maximum Gasteiger partial charge on any atom is 0.263 e. The van der Waals surface area contributed by atoms with Crippen molar-refractivity contribution in [3.05, 3.63) is 52.5 Å². The smallest absolute Gasteiger partial charge is 0.263 e. The Kier molecular flexibility index (Phi) is 5.27. The molecule has 1 N–H and O–H groups in total. The molecule has 0 aliphatic heterocycles. The van der Waals surface area contributed by atoms with Crippen molar-refractivity contribution in [1.82, 2.24) is 0 Å². The molecule has 0 bridgehead atoms. The van der Waals surface area contributed by atoms with E-state index >= 15 is 0 Å². The Bertz CT molecular complexity index is 983. The topological polar surface area (TPSA) is 80.3 Å². The molecule has 24 heavy (non-hydrogen) atoms. The molecule has 8 heteroatoms. The fourth-order valence-electron chi connectivity index (χ4n) is 2.28. The number of sulfone groups is 1. The quantitative estimate of drug-likeness (QED) is 0.852. The molecule has 0 saturated heterocycles. The fourth-order valence-corrected chi connectivity index (χ4v) is 4.70. The molecule has 2 aromatic carbocycles. The number of nitrogens with one attached hydrogen (secondary N) is 1. The highest BCUT2D eigenvalue weighted by atomic mass is 35.5. The number of halogens is 1. The lowest BCUT2D eigenvalue weighted by molar-refractivity contribution is 0.599. The first kappa shape index (κ1) is 18.8. The molecule has 0 heterocycles. The van der Waals surface area contributed by atoms with Crippen LogP contribution < -0.4 is 4.72 Å². The highest BCUT2D eigenvalue weighted by Gasteiger charge is 2.22. The Hall–Kier alpha value is -1.57. The van der Waals surface area contributed by atoms with E-state index in [-0.39, 0.29) is 14.8 Å². The molecule has 0 unspecified atom stereocenters. The first-order chi connectivity index (χ1) is 11.1. The normalized spacial score (nSPS) is 12.2. The van der Waals surface area contributed by atoms with Crippen LogP contribution in [0.5, 0.6) is 0 Å². The minimum atomic E-state index is -4.03. The number of benzene rings is 2. The van der Waals surface area contributed by atoms with Gasteiger partial charge in [-0.15, -0.1) is 0 Å². The molecule has 0 spiro atoms. The molecule has 0 aliphatic rings. The van der Waals surface area contributed by atoms with Gasteiger partial charge in [0.15, 0.2) is 9.84 Å². The van der Waals surface area contributed by atoms with Crippen molar-refractivity contribution in [1.29, 1.82) is 0 Å². The van der Waals surface area contributed by atoms with Crippen LogP contribution in [0.25, 0.3) is 0 Å². The standard InChI is InChI=1S/C16H18ClNO4S2/c1-4-12-7-5-6-11(2)16(12)18-24(21,22)15-10-13(23(3,19)20)8-9-14(15)17/h5-10,18H,4H2,1-3H3. The van der Waals surface area contributed by atoms with Crippen LogP contribution in [0.15, 0.2) is 46.2 Å². The Labute approximate surface area is 147 Å². The third-order valence-electron chi connectivity index (χ3n) is 3.60. The van der Waals surface area contributed by atoms with Gasteiger partial charge in [-0.25, -0.2) is 16.8 Å². The van der Waals surface area contributed by atoms with E-state index in [0.29, 0.717) is 12.1 Å². The molecular formula is C16H18ClNO4S2. The first-order valence-corrected chi connectivity index (χ1v) is 10.9. The van der Waals surface area contributed by atoms with Crippen molar-refractivity contribution in [2.45, 2.75) is 30.1 Å².